The zero-order valence-electron chi connectivity index (χ0n) is 12.1. The van der Waals surface area contributed by atoms with Crippen molar-refractivity contribution in [3.63, 3.8) is 0 Å². The zero-order chi connectivity index (χ0) is 15.6. The first-order valence-corrected chi connectivity index (χ1v) is 7.48. The monoisotopic (exact) mass is 297 g/mol. The molecule has 0 aliphatic rings. The van der Waals surface area contributed by atoms with E-state index < -0.39 is 0 Å². The van der Waals surface area contributed by atoms with Crippen molar-refractivity contribution in [2.24, 2.45) is 0 Å². The summed E-state index contributed by atoms with van der Waals surface area (Å²) in [5, 5.41) is 19.8. The van der Waals surface area contributed by atoms with Crippen LogP contribution < -0.4 is 0 Å². The minimum atomic E-state index is -0.279. The van der Waals surface area contributed by atoms with E-state index in [9.17, 15) is 10.1 Å². The molecule has 0 radical (unpaired) electrons. The molecule has 0 aliphatic heterocycles. The van der Waals surface area contributed by atoms with E-state index in [4.69, 9.17) is 0 Å². The lowest BCUT2D eigenvalue weighted by molar-refractivity contribution is -0.383. The van der Waals surface area contributed by atoms with Gasteiger partial charge in [-0.1, -0.05) is 54.6 Å². The number of nitrogens with zero attached hydrogens (tertiary/aromatic N) is 1. The van der Waals surface area contributed by atoms with Gasteiger partial charge >= 0.3 is 0 Å². The third-order valence-corrected chi connectivity index (χ3v) is 4.69. The lowest BCUT2D eigenvalue weighted by Crippen LogP contribution is -1.93. The highest BCUT2D eigenvalue weighted by Gasteiger charge is 2.20. The number of non-ortho nitro benzene ring substituents is 1. The molecule has 0 aromatic heterocycles. The largest absolute Gasteiger partial charge is 0.277 e. The highest BCUT2D eigenvalue weighted by Crippen LogP contribution is 2.43. The van der Waals surface area contributed by atoms with Gasteiger partial charge in [0.15, 0.2) is 0 Å². The minimum absolute atomic E-state index is 0.173. The summed E-state index contributed by atoms with van der Waals surface area (Å²) in [6, 6.07) is 21.8. The summed E-state index contributed by atoms with van der Waals surface area (Å²) >= 11 is 0. The average molecular weight is 297 g/mol. The summed E-state index contributed by atoms with van der Waals surface area (Å²) in [5.41, 5.74) is 0.173. The predicted octanol–water partition coefficient (Wildman–Crippen LogP) is 5.65. The molecule has 0 heterocycles. The Hall–Kier alpha value is -3.20. The van der Waals surface area contributed by atoms with Crippen LogP contribution in [0.1, 0.15) is 0 Å². The maximum absolute atomic E-state index is 11.6. The molecule has 0 amide bonds. The number of fused-ring (bicyclic) bond motifs is 3. The SMILES string of the molecule is O=[N+]([O-])c1ccc2ccc3cccc4c5ccccc5c1c2c34. The van der Waals surface area contributed by atoms with E-state index in [2.05, 4.69) is 18.2 Å². The molecule has 0 N–H and O–H groups in total. The van der Waals surface area contributed by atoms with E-state index in [0.29, 0.717) is 0 Å². The van der Waals surface area contributed by atoms with Gasteiger partial charge in [-0.15, -0.1) is 0 Å². The Balaban J connectivity index is 2.28. The molecule has 0 bridgehead atoms. The molecule has 0 fully saturated rings. The van der Waals surface area contributed by atoms with Crippen LogP contribution in [0.4, 0.5) is 5.69 Å². The summed E-state index contributed by atoms with van der Waals surface area (Å²) in [6.45, 7) is 0. The Labute approximate surface area is 131 Å². The van der Waals surface area contributed by atoms with Crippen molar-refractivity contribution in [1.29, 1.82) is 0 Å². The van der Waals surface area contributed by atoms with Gasteiger partial charge in [0, 0.05) is 11.5 Å². The molecule has 5 aromatic carbocycles. The van der Waals surface area contributed by atoms with E-state index in [0.717, 1.165) is 43.1 Å². The lowest BCUT2D eigenvalue weighted by Gasteiger charge is -2.14. The highest BCUT2D eigenvalue weighted by atomic mass is 16.6. The van der Waals surface area contributed by atoms with E-state index in [1.165, 1.54) is 0 Å². The molecule has 3 heteroatoms. The standard InChI is InChI=1S/C20H11NO2/c22-21(23)17-11-10-13-9-8-12-4-3-7-15-14-5-1-2-6-16(14)20(17)19(13)18(12)15/h1-11H. The molecule has 23 heavy (non-hydrogen) atoms. The third-order valence-electron chi connectivity index (χ3n) is 4.69. The van der Waals surface area contributed by atoms with Gasteiger partial charge in [0.2, 0.25) is 0 Å². The zero-order valence-corrected chi connectivity index (χ0v) is 12.1. The molecule has 5 aromatic rings. The Morgan fingerprint density at radius 2 is 1.22 bits per heavy atom. The van der Waals surface area contributed by atoms with Gasteiger partial charge in [-0.3, -0.25) is 10.1 Å². The second-order valence-corrected chi connectivity index (χ2v) is 5.83. The normalized spacial score (nSPS) is 11.8. The first-order chi connectivity index (χ1) is 11.3. The van der Waals surface area contributed by atoms with Gasteiger partial charge in [-0.25, -0.2) is 0 Å². The van der Waals surface area contributed by atoms with E-state index in [-0.39, 0.29) is 10.6 Å². The number of nitro groups is 1. The van der Waals surface area contributed by atoms with Gasteiger partial charge in [0.25, 0.3) is 5.69 Å². The molecule has 0 atom stereocenters. The van der Waals surface area contributed by atoms with Crippen LogP contribution in [0.15, 0.2) is 66.7 Å². The lowest BCUT2D eigenvalue weighted by atomic mass is 9.89. The van der Waals surface area contributed by atoms with E-state index >= 15 is 0 Å². The first kappa shape index (κ1) is 12.4. The highest BCUT2D eigenvalue weighted by molar-refractivity contribution is 6.35. The molecule has 0 saturated carbocycles. The maximum Gasteiger partial charge on any atom is 0.277 e. The van der Waals surface area contributed by atoms with Gasteiger partial charge < -0.3 is 0 Å². The van der Waals surface area contributed by atoms with Crippen LogP contribution in [0.25, 0.3) is 43.1 Å². The summed E-state index contributed by atoms with van der Waals surface area (Å²) < 4.78 is 0. The van der Waals surface area contributed by atoms with Gasteiger partial charge in [0.1, 0.15) is 0 Å². The summed E-state index contributed by atoms with van der Waals surface area (Å²) in [7, 11) is 0. The molecular weight excluding hydrogens is 286 g/mol. The van der Waals surface area contributed by atoms with E-state index in [1.807, 2.05) is 42.5 Å². The average Bonchev–Trinajstić information content (AvgIpc) is 2.60. The Morgan fingerprint density at radius 3 is 2.00 bits per heavy atom. The van der Waals surface area contributed by atoms with Crippen molar-refractivity contribution in [2.45, 2.75) is 0 Å². The number of hydrogen-bond acceptors (Lipinski definition) is 2. The number of nitro benzene ring substituents is 1. The van der Waals surface area contributed by atoms with Crippen LogP contribution in [0.5, 0.6) is 0 Å². The Kier molecular flexibility index (Phi) is 2.24. The minimum Gasteiger partial charge on any atom is -0.258 e. The summed E-state index contributed by atoms with van der Waals surface area (Å²) in [5.74, 6) is 0. The van der Waals surface area contributed by atoms with Crippen molar-refractivity contribution in [2.75, 3.05) is 0 Å². The fourth-order valence-corrected chi connectivity index (χ4v) is 3.77. The molecule has 0 saturated heterocycles. The topological polar surface area (TPSA) is 43.1 Å². The molecule has 108 valence electrons. The molecule has 5 rings (SSSR count). The number of benzene rings is 5. The fourth-order valence-electron chi connectivity index (χ4n) is 3.77. The molecule has 0 aliphatic carbocycles. The van der Waals surface area contributed by atoms with Crippen LogP contribution in [0.3, 0.4) is 0 Å². The Bertz CT molecular complexity index is 1240. The second kappa shape index (κ2) is 4.17. The van der Waals surface area contributed by atoms with Gasteiger partial charge in [-0.2, -0.15) is 0 Å². The van der Waals surface area contributed by atoms with Crippen LogP contribution in [0, 0.1) is 10.1 Å². The molecule has 3 nitrogen and oxygen atoms in total. The maximum atomic E-state index is 11.6. The van der Waals surface area contributed by atoms with Gasteiger partial charge in [-0.05, 0) is 38.4 Å². The molecule has 0 spiro atoms. The van der Waals surface area contributed by atoms with Crippen LogP contribution >= 0.6 is 0 Å². The number of hydrogen-bond donors (Lipinski definition) is 0. The smallest absolute Gasteiger partial charge is 0.258 e. The van der Waals surface area contributed by atoms with Crippen LogP contribution in [-0.2, 0) is 0 Å². The van der Waals surface area contributed by atoms with Crippen LogP contribution in [-0.4, -0.2) is 4.92 Å². The second-order valence-electron chi connectivity index (χ2n) is 5.83. The fraction of sp³-hybridized carbons (Fsp3) is 0. The third kappa shape index (κ3) is 1.48. The van der Waals surface area contributed by atoms with Crippen molar-refractivity contribution in [3.05, 3.63) is 76.8 Å². The quantitative estimate of drug-likeness (QED) is 0.174. The summed E-state index contributed by atoms with van der Waals surface area (Å²) in [4.78, 5) is 11.3. The Morgan fingerprint density at radius 1 is 0.609 bits per heavy atom. The van der Waals surface area contributed by atoms with Crippen molar-refractivity contribution in [1.82, 2.24) is 0 Å². The first-order valence-electron chi connectivity index (χ1n) is 7.48. The van der Waals surface area contributed by atoms with Gasteiger partial charge in [0.05, 0.1) is 10.3 Å². The molecular formula is C20H11NO2. The van der Waals surface area contributed by atoms with E-state index in [1.54, 1.807) is 6.07 Å². The number of rotatable bonds is 1. The predicted molar refractivity (Wildman–Crippen MR) is 94.3 cm³/mol. The van der Waals surface area contributed by atoms with Crippen molar-refractivity contribution in [3.8, 4) is 0 Å². The van der Waals surface area contributed by atoms with Crippen LogP contribution in [0.2, 0.25) is 0 Å². The van der Waals surface area contributed by atoms with Crippen molar-refractivity contribution >= 4 is 48.8 Å². The van der Waals surface area contributed by atoms with Crippen molar-refractivity contribution < 1.29 is 4.92 Å². The summed E-state index contributed by atoms with van der Waals surface area (Å²) in [6.07, 6.45) is 0. The molecule has 0 unspecified atom stereocenters.